The Labute approximate surface area is 235 Å². The molecule has 0 amide bonds. The third kappa shape index (κ3) is 4.30. The van der Waals surface area contributed by atoms with Gasteiger partial charge in [-0.05, 0) is 72.1 Å². The highest BCUT2D eigenvalue weighted by molar-refractivity contribution is 6.16. The van der Waals surface area contributed by atoms with Crippen molar-refractivity contribution in [2.75, 3.05) is 0 Å². The van der Waals surface area contributed by atoms with Gasteiger partial charge in [-0.1, -0.05) is 164 Å². The van der Waals surface area contributed by atoms with Gasteiger partial charge in [0.25, 0.3) is 0 Å². The zero-order valence-electron chi connectivity index (χ0n) is 22.2. The Morgan fingerprint density at radius 3 is 1.38 bits per heavy atom. The van der Waals surface area contributed by atoms with Crippen molar-refractivity contribution < 1.29 is 0 Å². The van der Waals surface area contributed by atoms with Crippen molar-refractivity contribution in [1.29, 1.82) is 0 Å². The third-order valence-corrected chi connectivity index (χ3v) is 7.69. The molecular formula is C40H28. The molecule has 0 fully saturated rings. The Hall–Kier alpha value is -5.20. The second-order valence-electron chi connectivity index (χ2n) is 10.1. The van der Waals surface area contributed by atoms with Crippen LogP contribution in [0.4, 0.5) is 0 Å². The molecule has 0 heterocycles. The highest BCUT2D eigenvalue weighted by Gasteiger charge is 2.20. The summed E-state index contributed by atoms with van der Waals surface area (Å²) in [5.74, 6) is 0. The van der Waals surface area contributed by atoms with Crippen molar-refractivity contribution in [1.82, 2.24) is 0 Å². The molecule has 0 radical (unpaired) electrons. The lowest BCUT2D eigenvalue weighted by Gasteiger charge is -2.21. The van der Waals surface area contributed by atoms with Crippen LogP contribution in [0.1, 0.15) is 22.3 Å². The Kier molecular flexibility index (Phi) is 6.28. The van der Waals surface area contributed by atoms with Gasteiger partial charge in [-0.15, -0.1) is 0 Å². The first-order valence-corrected chi connectivity index (χ1v) is 13.8. The van der Waals surface area contributed by atoms with E-state index in [2.05, 4.69) is 170 Å². The van der Waals surface area contributed by atoms with Crippen molar-refractivity contribution >= 4 is 32.7 Å². The largest absolute Gasteiger partial charge is 0.0622 e. The molecule has 0 aromatic heterocycles. The molecule has 0 atom stereocenters. The second kappa shape index (κ2) is 10.5. The highest BCUT2D eigenvalue weighted by Crippen LogP contribution is 2.43. The smallest absolute Gasteiger partial charge is 0.00206 e. The van der Waals surface area contributed by atoms with Gasteiger partial charge in [-0.2, -0.15) is 0 Å². The van der Waals surface area contributed by atoms with Crippen LogP contribution < -0.4 is 0 Å². The van der Waals surface area contributed by atoms with Crippen molar-refractivity contribution in [3.63, 3.8) is 0 Å². The van der Waals surface area contributed by atoms with Crippen LogP contribution in [0.2, 0.25) is 0 Å². The number of hydrogen-bond acceptors (Lipinski definition) is 0. The lowest BCUT2D eigenvalue weighted by atomic mass is 9.82. The molecule has 0 N–H and O–H groups in total. The van der Waals surface area contributed by atoms with Gasteiger partial charge in [-0.3, -0.25) is 0 Å². The van der Waals surface area contributed by atoms with Gasteiger partial charge in [0.1, 0.15) is 0 Å². The van der Waals surface area contributed by atoms with Crippen LogP contribution in [0.25, 0.3) is 43.8 Å². The lowest BCUT2D eigenvalue weighted by Crippen LogP contribution is -1.99. The minimum absolute atomic E-state index is 1.20. The predicted molar refractivity (Wildman–Crippen MR) is 171 cm³/mol. The summed E-state index contributed by atoms with van der Waals surface area (Å²) in [6.07, 6.45) is 0. The Balaban J connectivity index is 1.62. The zero-order chi connectivity index (χ0) is 26.7. The molecular weight excluding hydrogens is 480 g/mol. The van der Waals surface area contributed by atoms with Gasteiger partial charge in [0.15, 0.2) is 0 Å². The van der Waals surface area contributed by atoms with Crippen molar-refractivity contribution in [2.45, 2.75) is 0 Å². The van der Waals surface area contributed by atoms with E-state index in [-0.39, 0.29) is 0 Å². The van der Waals surface area contributed by atoms with Crippen LogP contribution in [0, 0.1) is 0 Å². The summed E-state index contributed by atoms with van der Waals surface area (Å²) in [6.45, 7) is 0. The first-order valence-electron chi connectivity index (χ1n) is 13.8. The van der Waals surface area contributed by atoms with Crippen LogP contribution in [0.15, 0.2) is 170 Å². The minimum atomic E-state index is 1.20. The van der Waals surface area contributed by atoms with E-state index in [1.807, 2.05) is 0 Å². The van der Waals surface area contributed by atoms with E-state index >= 15 is 0 Å². The molecule has 0 saturated heterocycles. The minimum Gasteiger partial charge on any atom is -0.0622 e. The normalized spacial score (nSPS) is 11.0. The standard InChI is InChI=1S/C40H28/c1-4-16-29(17-5-1)39(30-18-6-2-7-19-30)40(31-20-8-3-9-21-31)37-27-15-14-26-36(37)38-28-32-22-10-11-23-33(32)34-24-12-13-25-35(34)38/h1-28H. The van der Waals surface area contributed by atoms with E-state index < -0.39 is 0 Å². The van der Waals surface area contributed by atoms with Crippen molar-refractivity contribution in [2.24, 2.45) is 0 Å². The maximum Gasteiger partial charge on any atom is -0.00206 e. The summed E-state index contributed by atoms with van der Waals surface area (Å²) in [7, 11) is 0. The molecule has 0 saturated carbocycles. The average Bonchev–Trinajstić information content (AvgIpc) is 3.04. The van der Waals surface area contributed by atoms with E-state index in [1.165, 1.54) is 66.1 Å². The average molecular weight is 509 g/mol. The molecule has 0 aliphatic rings. The summed E-state index contributed by atoms with van der Waals surface area (Å²) in [6, 6.07) is 61.2. The molecule has 7 aromatic rings. The van der Waals surface area contributed by atoms with E-state index in [0.29, 0.717) is 0 Å². The Bertz CT molecular complexity index is 1920. The Morgan fingerprint density at radius 2 is 0.750 bits per heavy atom. The summed E-state index contributed by atoms with van der Waals surface area (Å²) >= 11 is 0. The molecule has 7 rings (SSSR count). The fourth-order valence-corrected chi connectivity index (χ4v) is 5.92. The summed E-state index contributed by atoms with van der Waals surface area (Å²) in [5, 5.41) is 5.08. The fourth-order valence-electron chi connectivity index (χ4n) is 5.92. The van der Waals surface area contributed by atoms with Gasteiger partial charge in [0, 0.05) is 0 Å². The SMILES string of the molecule is c1ccc(C(=C(c2ccccc2)c2ccccc2-c2cc3ccccc3c3ccccc23)c2ccccc2)cc1. The van der Waals surface area contributed by atoms with Gasteiger partial charge >= 0.3 is 0 Å². The molecule has 0 spiro atoms. The topological polar surface area (TPSA) is 0 Å². The summed E-state index contributed by atoms with van der Waals surface area (Å²) in [5.41, 5.74) is 9.75. The first-order chi connectivity index (χ1) is 19.9. The monoisotopic (exact) mass is 508 g/mol. The molecule has 0 aliphatic carbocycles. The Morgan fingerprint density at radius 1 is 0.300 bits per heavy atom. The maximum atomic E-state index is 2.36. The molecule has 7 aromatic carbocycles. The van der Waals surface area contributed by atoms with Crippen molar-refractivity contribution in [3.05, 3.63) is 192 Å². The number of hydrogen-bond donors (Lipinski definition) is 0. The quantitative estimate of drug-likeness (QED) is 0.160. The van der Waals surface area contributed by atoms with E-state index in [9.17, 15) is 0 Å². The third-order valence-electron chi connectivity index (χ3n) is 7.69. The fraction of sp³-hybridized carbons (Fsp3) is 0. The lowest BCUT2D eigenvalue weighted by molar-refractivity contribution is 1.50. The molecule has 0 heteroatoms. The molecule has 40 heavy (non-hydrogen) atoms. The zero-order valence-corrected chi connectivity index (χ0v) is 22.2. The molecule has 0 bridgehead atoms. The number of rotatable bonds is 5. The van der Waals surface area contributed by atoms with E-state index in [1.54, 1.807) is 0 Å². The molecule has 0 unspecified atom stereocenters. The summed E-state index contributed by atoms with van der Waals surface area (Å²) < 4.78 is 0. The summed E-state index contributed by atoms with van der Waals surface area (Å²) in [4.78, 5) is 0. The predicted octanol–water partition coefficient (Wildman–Crippen LogP) is 10.7. The van der Waals surface area contributed by atoms with Gasteiger partial charge in [0.05, 0.1) is 0 Å². The maximum absolute atomic E-state index is 2.36. The van der Waals surface area contributed by atoms with Crippen LogP contribution in [-0.4, -0.2) is 0 Å². The number of benzene rings is 7. The van der Waals surface area contributed by atoms with Crippen LogP contribution >= 0.6 is 0 Å². The van der Waals surface area contributed by atoms with E-state index in [0.717, 1.165) is 0 Å². The van der Waals surface area contributed by atoms with Crippen LogP contribution in [0.3, 0.4) is 0 Å². The molecule has 0 nitrogen and oxygen atoms in total. The number of fused-ring (bicyclic) bond motifs is 3. The van der Waals surface area contributed by atoms with E-state index in [4.69, 9.17) is 0 Å². The first kappa shape index (κ1) is 23.9. The molecule has 0 aliphatic heterocycles. The van der Waals surface area contributed by atoms with Crippen LogP contribution in [0.5, 0.6) is 0 Å². The highest BCUT2D eigenvalue weighted by atomic mass is 14.2. The van der Waals surface area contributed by atoms with Crippen molar-refractivity contribution in [3.8, 4) is 11.1 Å². The second-order valence-corrected chi connectivity index (χ2v) is 10.1. The van der Waals surface area contributed by atoms with Gasteiger partial charge < -0.3 is 0 Å². The van der Waals surface area contributed by atoms with Gasteiger partial charge in [0.2, 0.25) is 0 Å². The molecule has 188 valence electrons. The van der Waals surface area contributed by atoms with Gasteiger partial charge in [-0.25, -0.2) is 0 Å². The van der Waals surface area contributed by atoms with Crippen LogP contribution in [-0.2, 0) is 0 Å².